The molecule has 0 aromatic heterocycles. The molecule has 0 bridgehead atoms. The number of hydrogen-bond donors (Lipinski definition) is 1. The molecule has 2 fully saturated rings. The standard InChI is InChI=1S/C18H27N3O3S/c1-12(2)20(3)25(23,24)15-6-4-5-13(9-15)18(22)21-10-14-7-8-17(19)16(14)11-21/h4-6,9,12,14,16-17H,7-8,10-11,19H2,1-3H3. The molecule has 1 aliphatic heterocycles. The molecule has 0 spiro atoms. The number of carbonyl (C=O) groups excluding carboxylic acids is 1. The van der Waals surface area contributed by atoms with Crippen LogP contribution in [0.25, 0.3) is 0 Å². The third-order valence-electron chi connectivity index (χ3n) is 5.68. The monoisotopic (exact) mass is 365 g/mol. The zero-order valence-electron chi connectivity index (χ0n) is 15.1. The number of hydrogen-bond acceptors (Lipinski definition) is 4. The van der Waals surface area contributed by atoms with Crippen LogP contribution in [0, 0.1) is 11.8 Å². The fourth-order valence-electron chi connectivity index (χ4n) is 3.89. The second kappa shape index (κ2) is 6.70. The number of nitrogens with zero attached hydrogens (tertiary/aromatic N) is 2. The Morgan fingerprint density at radius 3 is 2.64 bits per heavy atom. The molecular formula is C18H27N3O3S. The van der Waals surface area contributed by atoms with Crippen molar-refractivity contribution in [2.75, 3.05) is 20.1 Å². The zero-order chi connectivity index (χ0) is 18.4. The zero-order valence-corrected chi connectivity index (χ0v) is 15.9. The second-order valence-electron chi connectivity index (χ2n) is 7.52. The number of fused-ring (bicyclic) bond motifs is 1. The Labute approximate surface area is 150 Å². The molecule has 3 rings (SSSR count). The molecule has 6 nitrogen and oxygen atoms in total. The first kappa shape index (κ1) is 18.4. The Hall–Kier alpha value is -1.44. The van der Waals surface area contributed by atoms with Gasteiger partial charge in [-0.25, -0.2) is 8.42 Å². The largest absolute Gasteiger partial charge is 0.338 e. The van der Waals surface area contributed by atoms with Crippen LogP contribution >= 0.6 is 0 Å². The lowest BCUT2D eigenvalue weighted by Gasteiger charge is -2.22. The van der Waals surface area contributed by atoms with Gasteiger partial charge in [0.15, 0.2) is 0 Å². The van der Waals surface area contributed by atoms with Gasteiger partial charge in [-0.05, 0) is 56.7 Å². The summed E-state index contributed by atoms with van der Waals surface area (Å²) in [7, 11) is -2.05. The molecular weight excluding hydrogens is 338 g/mol. The summed E-state index contributed by atoms with van der Waals surface area (Å²) in [6, 6.07) is 6.38. The van der Waals surface area contributed by atoms with Crippen LogP contribution in [-0.4, -0.2) is 55.8 Å². The highest BCUT2D eigenvalue weighted by Gasteiger charge is 2.42. The third kappa shape index (κ3) is 3.32. The minimum absolute atomic E-state index is 0.106. The number of sulfonamides is 1. The van der Waals surface area contributed by atoms with Gasteiger partial charge in [0.25, 0.3) is 5.91 Å². The van der Waals surface area contributed by atoms with Gasteiger partial charge >= 0.3 is 0 Å². The van der Waals surface area contributed by atoms with E-state index < -0.39 is 10.0 Å². The summed E-state index contributed by atoms with van der Waals surface area (Å²) in [5.41, 5.74) is 6.56. The highest BCUT2D eigenvalue weighted by atomic mass is 32.2. The smallest absolute Gasteiger partial charge is 0.253 e. The summed E-state index contributed by atoms with van der Waals surface area (Å²) in [5, 5.41) is 0. The molecule has 25 heavy (non-hydrogen) atoms. The molecule has 3 atom stereocenters. The minimum Gasteiger partial charge on any atom is -0.338 e. The van der Waals surface area contributed by atoms with Crippen molar-refractivity contribution in [3.63, 3.8) is 0 Å². The van der Waals surface area contributed by atoms with Gasteiger partial charge in [0, 0.05) is 37.8 Å². The van der Waals surface area contributed by atoms with Crippen molar-refractivity contribution >= 4 is 15.9 Å². The topological polar surface area (TPSA) is 83.7 Å². The first-order valence-corrected chi connectivity index (χ1v) is 10.3. The van der Waals surface area contributed by atoms with E-state index in [1.165, 1.54) is 10.4 Å². The van der Waals surface area contributed by atoms with E-state index in [0.717, 1.165) is 19.4 Å². The summed E-state index contributed by atoms with van der Waals surface area (Å²) in [6.45, 7) is 5.03. The van der Waals surface area contributed by atoms with Crippen LogP contribution in [-0.2, 0) is 10.0 Å². The number of rotatable bonds is 4. The first-order valence-electron chi connectivity index (χ1n) is 8.84. The van der Waals surface area contributed by atoms with Crippen LogP contribution in [0.2, 0.25) is 0 Å². The van der Waals surface area contributed by atoms with Gasteiger partial charge in [-0.2, -0.15) is 4.31 Å². The lowest BCUT2D eigenvalue weighted by Crippen LogP contribution is -2.34. The van der Waals surface area contributed by atoms with Crippen LogP contribution in [0.5, 0.6) is 0 Å². The van der Waals surface area contributed by atoms with E-state index in [-0.39, 0.29) is 22.9 Å². The number of nitrogens with two attached hydrogens (primary N) is 1. The van der Waals surface area contributed by atoms with E-state index in [4.69, 9.17) is 5.73 Å². The molecule has 138 valence electrons. The van der Waals surface area contributed by atoms with E-state index in [1.807, 2.05) is 18.7 Å². The molecule has 1 saturated carbocycles. The van der Waals surface area contributed by atoms with E-state index in [9.17, 15) is 13.2 Å². The Morgan fingerprint density at radius 1 is 1.28 bits per heavy atom. The van der Waals surface area contributed by atoms with Crippen LogP contribution in [0.1, 0.15) is 37.0 Å². The summed E-state index contributed by atoms with van der Waals surface area (Å²) < 4.78 is 26.6. The van der Waals surface area contributed by atoms with Crippen molar-refractivity contribution in [2.45, 2.75) is 43.7 Å². The SMILES string of the molecule is CC(C)N(C)S(=O)(=O)c1cccc(C(=O)N2CC3CCC(N)C3C2)c1. The van der Waals surface area contributed by atoms with Crippen LogP contribution < -0.4 is 5.73 Å². The van der Waals surface area contributed by atoms with Crippen LogP contribution in [0.15, 0.2) is 29.2 Å². The summed E-state index contributed by atoms with van der Waals surface area (Å²) >= 11 is 0. The van der Waals surface area contributed by atoms with Gasteiger partial charge in [-0.15, -0.1) is 0 Å². The van der Waals surface area contributed by atoms with Gasteiger partial charge in [0.2, 0.25) is 10.0 Å². The maximum atomic E-state index is 12.8. The van der Waals surface area contributed by atoms with Crippen molar-refractivity contribution in [1.29, 1.82) is 0 Å². The maximum Gasteiger partial charge on any atom is 0.253 e. The third-order valence-corrected chi connectivity index (χ3v) is 7.71. The molecule has 1 amide bonds. The van der Waals surface area contributed by atoms with E-state index >= 15 is 0 Å². The predicted octanol–water partition coefficient (Wildman–Crippen LogP) is 1.52. The summed E-state index contributed by atoms with van der Waals surface area (Å²) in [6.07, 6.45) is 2.11. The molecule has 1 saturated heterocycles. The summed E-state index contributed by atoms with van der Waals surface area (Å²) in [5.74, 6) is 0.756. The Bertz CT molecular complexity index is 763. The highest BCUT2D eigenvalue weighted by Crippen LogP contribution is 2.37. The van der Waals surface area contributed by atoms with Crippen molar-refractivity contribution < 1.29 is 13.2 Å². The van der Waals surface area contributed by atoms with Crippen LogP contribution in [0.4, 0.5) is 0 Å². The first-order chi connectivity index (χ1) is 11.7. The fourth-order valence-corrected chi connectivity index (χ4v) is 5.30. The van der Waals surface area contributed by atoms with Gasteiger partial charge in [-0.1, -0.05) is 6.07 Å². The van der Waals surface area contributed by atoms with E-state index in [1.54, 1.807) is 25.2 Å². The van der Waals surface area contributed by atoms with Crippen molar-refractivity contribution in [1.82, 2.24) is 9.21 Å². The molecule has 3 unspecified atom stereocenters. The molecule has 1 heterocycles. The molecule has 1 aromatic carbocycles. The molecule has 7 heteroatoms. The average Bonchev–Trinajstić information content (AvgIpc) is 3.15. The van der Waals surface area contributed by atoms with Crippen molar-refractivity contribution in [2.24, 2.45) is 17.6 Å². The Balaban J connectivity index is 1.81. The van der Waals surface area contributed by atoms with E-state index in [2.05, 4.69) is 0 Å². The van der Waals surface area contributed by atoms with Crippen LogP contribution in [0.3, 0.4) is 0 Å². The van der Waals surface area contributed by atoms with Gasteiger partial charge in [0.05, 0.1) is 4.90 Å². The normalized spacial score (nSPS) is 26.5. The average molecular weight is 365 g/mol. The number of carbonyl (C=O) groups is 1. The molecule has 0 radical (unpaired) electrons. The number of amides is 1. The van der Waals surface area contributed by atoms with Gasteiger partial charge < -0.3 is 10.6 Å². The van der Waals surface area contributed by atoms with Gasteiger partial charge in [-0.3, -0.25) is 4.79 Å². The van der Waals surface area contributed by atoms with E-state index in [0.29, 0.717) is 23.9 Å². The van der Waals surface area contributed by atoms with Gasteiger partial charge in [0.1, 0.15) is 0 Å². The molecule has 2 N–H and O–H groups in total. The predicted molar refractivity (Wildman–Crippen MR) is 96.6 cm³/mol. The summed E-state index contributed by atoms with van der Waals surface area (Å²) in [4.78, 5) is 14.8. The molecule has 1 aliphatic carbocycles. The molecule has 2 aliphatic rings. The Kier molecular flexibility index (Phi) is 4.92. The fraction of sp³-hybridized carbons (Fsp3) is 0.611. The lowest BCUT2D eigenvalue weighted by molar-refractivity contribution is 0.0779. The maximum absolute atomic E-state index is 12.8. The minimum atomic E-state index is -3.60. The van der Waals surface area contributed by atoms with Crippen molar-refractivity contribution in [3.05, 3.63) is 29.8 Å². The highest BCUT2D eigenvalue weighted by molar-refractivity contribution is 7.89. The molecule has 1 aromatic rings. The van der Waals surface area contributed by atoms with Crippen molar-refractivity contribution in [3.8, 4) is 0 Å². The number of likely N-dealkylation sites (tertiary alicyclic amines) is 1. The Morgan fingerprint density at radius 2 is 2.00 bits per heavy atom. The number of benzene rings is 1. The lowest BCUT2D eigenvalue weighted by atomic mass is 9.98. The quantitative estimate of drug-likeness (QED) is 0.877. The second-order valence-corrected chi connectivity index (χ2v) is 9.52.